The summed E-state index contributed by atoms with van der Waals surface area (Å²) in [6.45, 7) is 3.78. The summed E-state index contributed by atoms with van der Waals surface area (Å²) < 4.78 is 0.814. The van der Waals surface area contributed by atoms with Crippen molar-refractivity contribution in [3.63, 3.8) is 0 Å². The fraction of sp³-hybridized carbons (Fsp3) is 0.385. The van der Waals surface area contributed by atoms with Crippen molar-refractivity contribution in [3.05, 3.63) is 34.3 Å². The summed E-state index contributed by atoms with van der Waals surface area (Å²) in [5.74, 6) is -1.74. The minimum absolute atomic E-state index is 0.0229. The number of hydrogen-bond donors (Lipinski definition) is 2. The number of carbonyl (C=O) groups is 2. The third kappa shape index (κ3) is 4.14. The standard InChI is InChI=1S/C13H16BrNO3/c1-8(2)11(13(17)18)7-15-12(16)9-4-3-5-10(14)6-9/h3-6,8,11H,7H2,1-2H3,(H,15,16)(H,17,18). The topological polar surface area (TPSA) is 66.4 Å². The number of carboxylic acids is 1. The van der Waals surface area contributed by atoms with Gasteiger partial charge in [0.1, 0.15) is 0 Å². The van der Waals surface area contributed by atoms with E-state index in [4.69, 9.17) is 5.11 Å². The Bertz CT molecular complexity index is 446. The van der Waals surface area contributed by atoms with Crippen molar-refractivity contribution in [1.82, 2.24) is 5.32 Å². The molecule has 1 rings (SSSR count). The van der Waals surface area contributed by atoms with Gasteiger partial charge in [0.05, 0.1) is 5.92 Å². The van der Waals surface area contributed by atoms with Crippen LogP contribution in [-0.4, -0.2) is 23.5 Å². The van der Waals surface area contributed by atoms with Crippen molar-refractivity contribution in [2.75, 3.05) is 6.54 Å². The number of aliphatic carboxylic acids is 1. The highest BCUT2D eigenvalue weighted by atomic mass is 79.9. The molecular formula is C13H16BrNO3. The van der Waals surface area contributed by atoms with Gasteiger partial charge in [0.25, 0.3) is 5.91 Å². The molecule has 1 amide bonds. The van der Waals surface area contributed by atoms with Crippen LogP contribution in [0.3, 0.4) is 0 Å². The summed E-state index contributed by atoms with van der Waals surface area (Å²) in [5.41, 5.74) is 0.511. The van der Waals surface area contributed by atoms with Crippen molar-refractivity contribution in [2.45, 2.75) is 13.8 Å². The van der Waals surface area contributed by atoms with E-state index in [-0.39, 0.29) is 18.4 Å². The smallest absolute Gasteiger partial charge is 0.308 e. The minimum atomic E-state index is -0.889. The average Bonchev–Trinajstić information content (AvgIpc) is 2.28. The molecule has 0 saturated carbocycles. The predicted molar refractivity (Wildman–Crippen MR) is 72.4 cm³/mol. The van der Waals surface area contributed by atoms with Crippen LogP contribution < -0.4 is 5.32 Å². The lowest BCUT2D eigenvalue weighted by Crippen LogP contribution is -2.35. The summed E-state index contributed by atoms with van der Waals surface area (Å²) in [7, 11) is 0. The molecule has 0 aromatic heterocycles. The van der Waals surface area contributed by atoms with Gasteiger partial charge in [-0.2, -0.15) is 0 Å². The zero-order chi connectivity index (χ0) is 13.7. The first-order valence-corrected chi connectivity index (χ1v) is 6.47. The molecule has 1 atom stereocenters. The molecule has 1 unspecified atom stereocenters. The second kappa shape index (κ2) is 6.54. The fourth-order valence-corrected chi connectivity index (χ4v) is 1.94. The van der Waals surface area contributed by atoms with E-state index in [1.165, 1.54) is 0 Å². The number of carboxylic acid groups (broad SMARTS) is 1. The first-order chi connectivity index (χ1) is 8.41. The molecule has 1 aromatic carbocycles. The maximum atomic E-state index is 11.8. The predicted octanol–water partition coefficient (Wildman–Crippen LogP) is 2.54. The van der Waals surface area contributed by atoms with E-state index in [0.717, 1.165) is 4.47 Å². The van der Waals surface area contributed by atoms with Gasteiger partial charge in [-0.15, -0.1) is 0 Å². The second-order valence-corrected chi connectivity index (χ2v) is 5.32. The molecule has 2 N–H and O–H groups in total. The summed E-state index contributed by atoms with van der Waals surface area (Å²) >= 11 is 3.28. The maximum Gasteiger partial charge on any atom is 0.308 e. The number of nitrogens with one attached hydrogen (secondary N) is 1. The number of carbonyl (C=O) groups excluding carboxylic acids is 1. The molecule has 0 spiro atoms. The number of hydrogen-bond acceptors (Lipinski definition) is 2. The van der Waals surface area contributed by atoms with E-state index >= 15 is 0 Å². The number of benzene rings is 1. The highest BCUT2D eigenvalue weighted by Crippen LogP contribution is 2.13. The van der Waals surface area contributed by atoms with Gasteiger partial charge in [0.15, 0.2) is 0 Å². The number of rotatable bonds is 5. The molecule has 0 fully saturated rings. The lowest BCUT2D eigenvalue weighted by molar-refractivity contribution is -0.142. The molecule has 0 heterocycles. The van der Waals surface area contributed by atoms with Gasteiger partial charge in [-0.3, -0.25) is 9.59 Å². The molecule has 5 heteroatoms. The van der Waals surface area contributed by atoms with E-state index in [1.54, 1.807) is 18.2 Å². The summed E-state index contributed by atoms with van der Waals surface area (Å²) in [6.07, 6.45) is 0. The van der Waals surface area contributed by atoms with Crippen molar-refractivity contribution < 1.29 is 14.7 Å². The molecule has 0 aliphatic carbocycles. The molecule has 0 radical (unpaired) electrons. The van der Waals surface area contributed by atoms with E-state index in [0.29, 0.717) is 5.56 Å². The Kier molecular flexibility index (Phi) is 5.34. The van der Waals surface area contributed by atoms with Gasteiger partial charge in [-0.05, 0) is 24.1 Å². The average molecular weight is 314 g/mol. The molecule has 18 heavy (non-hydrogen) atoms. The van der Waals surface area contributed by atoms with Gasteiger partial charge >= 0.3 is 5.97 Å². The monoisotopic (exact) mass is 313 g/mol. The maximum absolute atomic E-state index is 11.8. The summed E-state index contributed by atoms with van der Waals surface area (Å²) in [4.78, 5) is 22.8. The first kappa shape index (κ1) is 14.7. The lowest BCUT2D eigenvalue weighted by atomic mass is 9.96. The molecule has 0 aliphatic rings. The first-order valence-electron chi connectivity index (χ1n) is 5.68. The second-order valence-electron chi connectivity index (χ2n) is 4.41. The molecule has 4 nitrogen and oxygen atoms in total. The van der Waals surface area contributed by atoms with Gasteiger partial charge in [-0.1, -0.05) is 35.8 Å². The highest BCUT2D eigenvalue weighted by molar-refractivity contribution is 9.10. The third-order valence-electron chi connectivity index (χ3n) is 2.69. The van der Waals surface area contributed by atoms with Crippen molar-refractivity contribution in [3.8, 4) is 0 Å². The van der Waals surface area contributed by atoms with Crippen LogP contribution in [0.15, 0.2) is 28.7 Å². The minimum Gasteiger partial charge on any atom is -0.481 e. The Balaban J connectivity index is 2.63. The largest absolute Gasteiger partial charge is 0.481 e. The van der Waals surface area contributed by atoms with Crippen molar-refractivity contribution in [2.24, 2.45) is 11.8 Å². The van der Waals surface area contributed by atoms with Crippen LogP contribution in [0, 0.1) is 11.8 Å². The van der Waals surface area contributed by atoms with Gasteiger partial charge < -0.3 is 10.4 Å². The molecule has 0 saturated heterocycles. The lowest BCUT2D eigenvalue weighted by Gasteiger charge is -2.16. The van der Waals surface area contributed by atoms with Crippen molar-refractivity contribution >= 4 is 27.8 Å². The van der Waals surface area contributed by atoms with Crippen molar-refractivity contribution in [1.29, 1.82) is 0 Å². The quantitative estimate of drug-likeness (QED) is 0.878. The summed E-state index contributed by atoms with van der Waals surface area (Å²) in [6, 6.07) is 6.97. The zero-order valence-electron chi connectivity index (χ0n) is 10.3. The normalized spacial score (nSPS) is 12.2. The van der Waals surface area contributed by atoms with Crippen LogP contribution in [0.4, 0.5) is 0 Å². The third-order valence-corrected chi connectivity index (χ3v) is 3.18. The molecular weight excluding hydrogens is 298 g/mol. The van der Waals surface area contributed by atoms with Gasteiger partial charge in [0, 0.05) is 16.6 Å². The Morgan fingerprint density at radius 1 is 1.39 bits per heavy atom. The van der Waals surface area contributed by atoms with Gasteiger partial charge in [-0.25, -0.2) is 0 Å². The SMILES string of the molecule is CC(C)C(CNC(=O)c1cccc(Br)c1)C(=O)O. The number of amides is 1. The molecule has 0 aliphatic heterocycles. The Labute approximate surface area is 115 Å². The van der Waals surface area contributed by atoms with E-state index in [1.807, 2.05) is 19.9 Å². The number of halogens is 1. The Morgan fingerprint density at radius 2 is 2.06 bits per heavy atom. The van der Waals surface area contributed by atoms with Crippen LogP contribution in [0.2, 0.25) is 0 Å². The zero-order valence-corrected chi connectivity index (χ0v) is 11.9. The van der Waals surface area contributed by atoms with Crippen LogP contribution in [0.5, 0.6) is 0 Å². The van der Waals surface area contributed by atoms with Crippen LogP contribution in [0.25, 0.3) is 0 Å². The van der Waals surface area contributed by atoms with E-state index in [9.17, 15) is 9.59 Å². The van der Waals surface area contributed by atoms with Gasteiger partial charge in [0.2, 0.25) is 0 Å². The van der Waals surface area contributed by atoms with Crippen LogP contribution in [0.1, 0.15) is 24.2 Å². The summed E-state index contributed by atoms with van der Waals surface area (Å²) in [5, 5.41) is 11.7. The Morgan fingerprint density at radius 3 is 2.56 bits per heavy atom. The highest BCUT2D eigenvalue weighted by Gasteiger charge is 2.22. The molecule has 98 valence electrons. The Hall–Kier alpha value is -1.36. The van der Waals surface area contributed by atoms with Crippen LogP contribution >= 0.6 is 15.9 Å². The van der Waals surface area contributed by atoms with E-state index < -0.39 is 11.9 Å². The fourth-order valence-electron chi connectivity index (χ4n) is 1.54. The molecule has 0 bridgehead atoms. The van der Waals surface area contributed by atoms with E-state index in [2.05, 4.69) is 21.2 Å². The van der Waals surface area contributed by atoms with Crippen LogP contribution in [-0.2, 0) is 4.79 Å². The molecule has 1 aromatic rings.